The Morgan fingerprint density at radius 3 is 1.69 bits per heavy atom. The second-order valence-corrected chi connectivity index (χ2v) is 28.7. The molecular weight excluding hydrogens is 1140 g/mol. The topological polar surface area (TPSA) is 433 Å². The van der Waals surface area contributed by atoms with E-state index in [0.29, 0.717) is 38.5 Å². The van der Waals surface area contributed by atoms with Crippen molar-refractivity contribution >= 4 is 5.97 Å². The van der Waals surface area contributed by atoms with Crippen LogP contribution in [0.15, 0.2) is 11.6 Å². The summed E-state index contributed by atoms with van der Waals surface area (Å²) in [5.41, 5.74) is -1.24. The summed E-state index contributed by atoms with van der Waals surface area (Å²) < 4.78 is 58.8. The van der Waals surface area contributed by atoms with Crippen molar-refractivity contribution in [1.29, 1.82) is 0 Å². The third-order valence-electron chi connectivity index (χ3n) is 23.1. The highest BCUT2D eigenvalue weighted by Gasteiger charge is 2.70. The molecule has 10 aliphatic rings. The van der Waals surface area contributed by atoms with E-state index in [9.17, 15) is 81.7 Å². The summed E-state index contributed by atoms with van der Waals surface area (Å²) in [5.74, 6) is -0.513. The SMILES string of the molecule is CC1(C)CCC2(C(=O)OC3OC(COC4OC(CO)C(O)C(O)C4O)C(O)C(O)C3O)CCC3(C)C(=CCC4C5(C)CCC(OC6OCC(O)C(OC7OC(CO)C(OC8OC(CO)C(O)C(O)C8O)C(O)C7O)C6O)C(C)(C)C5CCC43C)C2C1. The molecule has 9 fully saturated rings. The standard InChI is InChI=1S/C59H96O27/c1-54(2)14-16-59(53(76)86-52-43(73)39(69)36(66)30(82-52)23-78-48-41(71)37(67)34(64)27(19-60)79-48)17-15-57(6)24(25(59)18-54)8-9-32-56(5)12-11-33(55(3,4)31(56)10-13-58(32,57)7)83-49-45(75)46(26(63)22-77-49)84-51-44(74)40(70)47(29(21-62)81-51)85-50-42(72)38(68)35(65)28(20-61)80-50/h8,25-52,60-75H,9-23H2,1-7H3. The average Bonchev–Trinajstić information content (AvgIpc) is 0.695. The highest BCUT2D eigenvalue weighted by Crippen LogP contribution is 2.76. The Labute approximate surface area is 499 Å². The van der Waals surface area contributed by atoms with Gasteiger partial charge in [0.05, 0.1) is 44.6 Å². The highest BCUT2D eigenvalue weighted by atomic mass is 16.8. The average molecular weight is 1240 g/mol. The van der Waals surface area contributed by atoms with Crippen molar-refractivity contribution in [2.45, 2.75) is 266 Å². The molecular formula is C59H96O27. The van der Waals surface area contributed by atoms with Gasteiger partial charge in [-0.05, 0) is 109 Å². The molecule has 5 aliphatic carbocycles. The van der Waals surface area contributed by atoms with Crippen LogP contribution in [-0.4, -0.2) is 274 Å². The number of ether oxygens (including phenoxy) is 10. The smallest absolute Gasteiger partial charge is 0.315 e. The van der Waals surface area contributed by atoms with Gasteiger partial charge < -0.3 is 129 Å². The lowest BCUT2D eigenvalue weighted by Gasteiger charge is -2.71. The first-order valence-electron chi connectivity index (χ1n) is 30.7. The number of rotatable bonds is 14. The Morgan fingerprint density at radius 2 is 1.06 bits per heavy atom. The normalized spacial score (nSPS) is 53.6. The monoisotopic (exact) mass is 1240 g/mol. The number of esters is 1. The van der Waals surface area contributed by atoms with E-state index in [1.165, 1.54) is 5.57 Å². The summed E-state index contributed by atoms with van der Waals surface area (Å²) in [6.07, 6.45) is -30.9. The van der Waals surface area contributed by atoms with Crippen LogP contribution in [0.5, 0.6) is 0 Å². The molecule has 27 nitrogen and oxygen atoms in total. The fourth-order valence-corrected chi connectivity index (χ4v) is 17.6. The zero-order chi connectivity index (χ0) is 62.7. The third-order valence-corrected chi connectivity index (χ3v) is 23.1. The van der Waals surface area contributed by atoms with Crippen molar-refractivity contribution in [2.24, 2.45) is 50.2 Å². The molecule has 0 amide bonds. The van der Waals surface area contributed by atoms with E-state index in [4.69, 9.17) is 47.4 Å². The molecule has 10 rings (SSSR count). The van der Waals surface area contributed by atoms with Gasteiger partial charge in [0.25, 0.3) is 0 Å². The Balaban J connectivity index is 0.809. The summed E-state index contributed by atoms with van der Waals surface area (Å²) in [4.78, 5) is 15.1. The van der Waals surface area contributed by atoms with E-state index in [2.05, 4.69) is 54.5 Å². The van der Waals surface area contributed by atoms with Crippen LogP contribution in [0.25, 0.3) is 0 Å². The predicted molar refractivity (Wildman–Crippen MR) is 289 cm³/mol. The van der Waals surface area contributed by atoms with Crippen LogP contribution in [0.1, 0.15) is 113 Å². The molecule has 27 heteroatoms. The van der Waals surface area contributed by atoms with Gasteiger partial charge in [0.1, 0.15) is 116 Å². The van der Waals surface area contributed by atoms with Gasteiger partial charge in [-0.2, -0.15) is 0 Å². The Morgan fingerprint density at radius 1 is 0.523 bits per heavy atom. The highest BCUT2D eigenvalue weighted by molar-refractivity contribution is 5.79. The predicted octanol–water partition coefficient (Wildman–Crippen LogP) is -3.57. The number of aliphatic hydroxyl groups excluding tert-OH is 16. The van der Waals surface area contributed by atoms with Crippen molar-refractivity contribution < 1.29 is 134 Å². The second kappa shape index (κ2) is 24.9. The molecule has 16 N–H and O–H groups in total. The van der Waals surface area contributed by atoms with Gasteiger partial charge in [0, 0.05) is 0 Å². The first kappa shape index (κ1) is 67.1. The van der Waals surface area contributed by atoms with Crippen LogP contribution < -0.4 is 0 Å². The summed E-state index contributed by atoms with van der Waals surface area (Å²) in [5, 5.41) is 171. The summed E-state index contributed by atoms with van der Waals surface area (Å²) in [6.45, 7) is 12.7. The lowest BCUT2D eigenvalue weighted by Crippen LogP contribution is -2.66. The molecule has 0 spiro atoms. The van der Waals surface area contributed by atoms with E-state index in [1.54, 1.807) is 0 Å². The first-order valence-corrected chi connectivity index (χ1v) is 30.7. The second-order valence-electron chi connectivity index (χ2n) is 28.7. The van der Waals surface area contributed by atoms with Crippen molar-refractivity contribution in [1.82, 2.24) is 0 Å². The van der Waals surface area contributed by atoms with Gasteiger partial charge in [-0.25, -0.2) is 0 Å². The van der Waals surface area contributed by atoms with Crippen molar-refractivity contribution in [2.75, 3.05) is 33.0 Å². The molecule has 5 saturated heterocycles. The minimum absolute atomic E-state index is 0.123. The lowest BCUT2D eigenvalue weighted by atomic mass is 9.33. The molecule has 32 atom stereocenters. The molecule has 86 heavy (non-hydrogen) atoms. The molecule has 0 aromatic rings. The third kappa shape index (κ3) is 11.3. The Kier molecular flexibility index (Phi) is 19.4. The van der Waals surface area contributed by atoms with Crippen molar-refractivity contribution in [3.05, 3.63) is 11.6 Å². The van der Waals surface area contributed by atoms with Gasteiger partial charge in [0.2, 0.25) is 6.29 Å². The number of carbonyl (C=O) groups is 1. The molecule has 0 aromatic heterocycles. The summed E-state index contributed by atoms with van der Waals surface area (Å²) in [7, 11) is 0. The van der Waals surface area contributed by atoms with Crippen molar-refractivity contribution in [3.63, 3.8) is 0 Å². The van der Waals surface area contributed by atoms with Gasteiger partial charge in [-0.1, -0.05) is 60.1 Å². The molecule has 5 heterocycles. The van der Waals surface area contributed by atoms with E-state index >= 15 is 4.79 Å². The van der Waals surface area contributed by atoms with Crippen LogP contribution in [0.3, 0.4) is 0 Å². The lowest BCUT2D eigenvalue weighted by molar-refractivity contribution is -0.377. The van der Waals surface area contributed by atoms with Crippen LogP contribution in [-0.2, 0) is 52.2 Å². The molecule has 5 aliphatic heterocycles. The number of fused-ring (bicyclic) bond motifs is 7. The van der Waals surface area contributed by atoms with E-state index in [1.807, 2.05) is 0 Å². The van der Waals surface area contributed by atoms with Gasteiger partial charge in [-0.15, -0.1) is 0 Å². The maximum Gasteiger partial charge on any atom is 0.315 e. The zero-order valence-corrected chi connectivity index (χ0v) is 50.0. The summed E-state index contributed by atoms with van der Waals surface area (Å²) >= 11 is 0. The Bertz CT molecular complexity index is 2380. The first-order chi connectivity index (χ1) is 40.3. The molecule has 0 aromatic carbocycles. The minimum atomic E-state index is -1.93. The number of hydrogen-bond acceptors (Lipinski definition) is 27. The van der Waals surface area contributed by atoms with Crippen LogP contribution in [0.2, 0.25) is 0 Å². The zero-order valence-electron chi connectivity index (χ0n) is 50.0. The summed E-state index contributed by atoms with van der Waals surface area (Å²) in [6, 6.07) is 0. The molecule has 32 unspecified atom stereocenters. The maximum absolute atomic E-state index is 15.1. The van der Waals surface area contributed by atoms with Gasteiger partial charge in [0.15, 0.2) is 25.2 Å². The van der Waals surface area contributed by atoms with E-state index in [0.717, 1.165) is 25.7 Å². The van der Waals surface area contributed by atoms with Crippen LogP contribution >= 0.6 is 0 Å². The number of hydrogen-bond donors (Lipinski definition) is 16. The molecule has 0 radical (unpaired) electrons. The van der Waals surface area contributed by atoms with Gasteiger partial charge in [-0.3, -0.25) is 4.79 Å². The van der Waals surface area contributed by atoms with Gasteiger partial charge >= 0.3 is 5.97 Å². The number of carbonyl (C=O) groups excluding carboxylic acids is 1. The molecule has 494 valence electrons. The fraction of sp³-hybridized carbons (Fsp3) is 0.949. The minimum Gasteiger partial charge on any atom is -0.432 e. The van der Waals surface area contributed by atoms with Crippen LogP contribution in [0, 0.1) is 50.2 Å². The van der Waals surface area contributed by atoms with E-state index < -0.39 is 197 Å². The maximum atomic E-state index is 15.1. The quantitative estimate of drug-likeness (QED) is 0.0454. The van der Waals surface area contributed by atoms with E-state index in [-0.39, 0.29) is 46.0 Å². The fourth-order valence-electron chi connectivity index (χ4n) is 17.6. The number of aliphatic hydroxyl groups is 16. The number of allylic oxidation sites excluding steroid dienone is 2. The van der Waals surface area contributed by atoms with Crippen LogP contribution in [0.4, 0.5) is 0 Å². The molecule has 0 bridgehead atoms. The largest absolute Gasteiger partial charge is 0.432 e. The van der Waals surface area contributed by atoms with Crippen molar-refractivity contribution in [3.8, 4) is 0 Å². The Hall–Kier alpha value is -1.79. The molecule has 4 saturated carbocycles.